The number of nitrogens with one attached hydrogen (secondary N) is 1. The van der Waals surface area contributed by atoms with Gasteiger partial charge in [-0.15, -0.1) is 0 Å². The number of piperidine rings is 1. The summed E-state index contributed by atoms with van der Waals surface area (Å²) in [6.07, 6.45) is 2.01. The molecule has 146 valence electrons. The largest absolute Gasteiger partial charge is 0.342 e. The summed E-state index contributed by atoms with van der Waals surface area (Å²) in [4.78, 5) is 30.3. The van der Waals surface area contributed by atoms with Crippen molar-refractivity contribution < 1.29 is 4.79 Å². The number of carbonyl (C=O) groups is 1. The first-order valence-electron chi connectivity index (χ1n) is 10.1. The molecule has 0 aliphatic carbocycles. The number of imidazole rings is 1. The van der Waals surface area contributed by atoms with Crippen LogP contribution in [0.4, 0.5) is 0 Å². The van der Waals surface area contributed by atoms with Crippen molar-refractivity contribution in [2.45, 2.75) is 25.3 Å². The smallest absolute Gasteiger partial charge is 0.326 e. The molecule has 29 heavy (non-hydrogen) atoms. The van der Waals surface area contributed by atoms with Gasteiger partial charge in [0.05, 0.1) is 17.5 Å². The second-order valence-electron chi connectivity index (χ2n) is 7.74. The number of amides is 1. The van der Waals surface area contributed by atoms with Crippen LogP contribution in [0.25, 0.3) is 21.8 Å². The van der Waals surface area contributed by atoms with E-state index < -0.39 is 0 Å². The fourth-order valence-electron chi connectivity index (χ4n) is 4.53. The zero-order valence-electron chi connectivity index (χ0n) is 16.2. The molecule has 0 radical (unpaired) electrons. The van der Waals surface area contributed by atoms with Gasteiger partial charge in [0, 0.05) is 19.1 Å². The molecule has 4 aromatic rings. The van der Waals surface area contributed by atoms with E-state index in [2.05, 4.69) is 23.2 Å². The summed E-state index contributed by atoms with van der Waals surface area (Å²) in [6, 6.07) is 22.2. The highest BCUT2D eigenvalue weighted by atomic mass is 16.2. The van der Waals surface area contributed by atoms with Crippen LogP contribution in [0.2, 0.25) is 0 Å². The lowest BCUT2D eigenvalue weighted by Crippen LogP contribution is -2.41. The Bertz CT molecular complexity index is 1240. The number of hydrogen-bond acceptors (Lipinski definition) is 2. The van der Waals surface area contributed by atoms with Crippen LogP contribution in [0.15, 0.2) is 71.5 Å². The maximum atomic E-state index is 12.9. The summed E-state index contributed by atoms with van der Waals surface area (Å²) < 4.78 is 1.86. The molecule has 1 N–H and O–H groups in total. The summed E-state index contributed by atoms with van der Waals surface area (Å²) in [6.45, 7) is 1.36. The van der Waals surface area contributed by atoms with Gasteiger partial charge >= 0.3 is 5.69 Å². The Morgan fingerprint density at radius 1 is 0.931 bits per heavy atom. The van der Waals surface area contributed by atoms with Crippen molar-refractivity contribution >= 4 is 27.7 Å². The van der Waals surface area contributed by atoms with Crippen molar-refractivity contribution in [1.29, 1.82) is 0 Å². The molecule has 3 aromatic carbocycles. The fourth-order valence-corrected chi connectivity index (χ4v) is 4.53. The third kappa shape index (κ3) is 3.23. The molecular formula is C24H23N3O2. The van der Waals surface area contributed by atoms with Crippen LogP contribution in [0, 0.1) is 0 Å². The number of rotatable bonds is 3. The highest BCUT2D eigenvalue weighted by molar-refractivity contribution is 5.90. The van der Waals surface area contributed by atoms with Crippen molar-refractivity contribution in [2.75, 3.05) is 13.1 Å². The predicted molar refractivity (Wildman–Crippen MR) is 115 cm³/mol. The minimum absolute atomic E-state index is 0.0632. The van der Waals surface area contributed by atoms with E-state index in [1.54, 1.807) is 0 Å². The van der Waals surface area contributed by atoms with E-state index in [1.807, 2.05) is 58.0 Å². The Kier molecular flexibility index (Phi) is 4.43. The number of benzene rings is 3. The van der Waals surface area contributed by atoms with Crippen molar-refractivity contribution in [3.63, 3.8) is 0 Å². The number of likely N-dealkylation sites (tertiary alicyclic amines) is 1. The highest BCUT2D eigenvalue weighted by Crippen LogP contribution is 2.26. The molecule has 5 heteroatoms. The standard InChI is InChI=1S/C24H23N3O2/c28-23(16-18-8-5-7-17-6-1-2-9-20(17)18)26-14-12-19(13-15-26)27-22-11-4-3-10-21(22)25-24(27)29/h1-11,19H,12-16H2,(H,25,29). The van der Waals surface area contributed by atoms with Crippen LogP contribution >= 0.6 is 0 Å². The van der Waals surface area contributed by atoms with Gasteiger partial charge in [0.1, 0.15) is 0 Å². The van der Waals surface area contributed by atoms with Crippen molar-refractivity contribution in [1.82, 2.24) is 14.5 Å². The summed E-state index contributed by atoms with van der Waals surface area (Å²) in [7, 11) is 0. The number of fused-ring (bicyclic) bond motifs is 2. The Morgan fingerprint density at radius 2 is 1.66 bits per heavy atom. The molecule has 1 aliphatic heterocycles. The zero-order chi connectivity index (χ0) is 19.8. The number of H-pyrrole nitrogens is 1. The van der Waals surface area contributed by atoms with Gasteiger partial charge in [-0.3, -0.25) is 9.36 Å². The minimum Gasteiger partial charge on any atom is -0.342 e. The SMILES string of the molecule is O=C(Cc1cccc2ccccc12)N1CCC(n2c(=O)[nH]c3ccccc32)CC1. The van der Waals surface area contributed by atoms with Gasteiger partial charge in [-0.25, -0.2) is 4.79 Å². The maximum absolute atomic E-state index is 12.9. The summed E-state index contributed by atoms with van der Waals surface area (Å²) in [5.74, 6) is 0.158. The fraction of sp³-hybridized carbons (Fsp3) is 0.250. The van der Waals surface area contributed by atoms with E-state index in [0.717, 1.165) is 40.2 Å². The number of aromatic nitrogens is 2. The molecule has 5 nitrogen and oxygen atoms in total. The van der Waals surface area contributed by atoms with Crippen molar-refractivity contribution in [3.8, 4) is 0 Å². The molecular weight excluding hydrogens is 362 g/mol. The van der Waals surface area contributed by atoms with Gasteiger partial charge < -0.3 is 9.88 Å². The molecule has 0 atom stereocenters. The first-order valence-corrected chi connectivity index (χ1v) is 10.1. The van der Waals surface area contributed by atoms with E-state index in [0.29, 0.717) is 19.5 Å². The Hall–Kier alpha value is -3.34. The topological polar surface area (TPSA) is 58.1 Å². The maximum Gasteiger partial charge on any atom is 0.326 e. The lowest BCUT2D eigenvalue weighted by molar-refractivity contribution is -0.131. The number of hydrogen-bond donors (Lipinski definition) is 1. The first-order chi connectivity index (χ1) is 14.2. The molecule has 1 aromatic heterocycles. The minimum atomic E-state index is -0.0632. The molecule has 2 heterocycles. The van der Waals surface area contributed by atoms with Gasteiger partial charge in [-0.1, -0.05) is 54.6 Å². The average Bonchev–Trinajstić information content (AvgIpc) is 3.10. The van der Waals surface area contributed by atoms with E-state index in [9.17, 15) is 9.59 Å². The van der Waals surface area contributed by atoms with Gasteiger partial charge in [0.15, 0.2) is 0 Å². The third-order valence-corrected chi connectivity index (χ3v) is 6.03. The highest BCUT2D eigenvalue weighted by Gasteiger charge is 2.26. The lowest BCUT2D eigenvalue weighted by atomic mass is 10.00. The Morgan fingerprint density at radius 3 is 2.52 bits per heavy atom. The molecule has 5 rings (SSSR count). The predicted octanol–water partition coefficient (Wildman–Crippen LogP) is 3.89. The summed E-state index contributed by atoms with van der Waals surface area (Å²) in [5, 5.41) is 2.30. The van der Waals surface area contributed by atoms with Crippen LogP contribution in [-0.4, -0.2) is 33.4 Å². The van der Waals surface area contributed by atoms with Gasteiger partial charge in [-0.2, -0.15) is 0 Å². The third-order valence-electron chi connectivity index (χ3n) is 6.03. The average molecular weight is 385 g/mol. The number of aromatic amines is 1. The first kappa shape index (κ1) is 17.7. The van der Waals surface area contributed by atoms with E-state index in [4.69, 9.17) is 0 Å². The second-order valence-corrected chi connectivity index (χ2v) is 7.74. The normalized spacial score (nSPS) is 15.2. The molecule has 0 saturated carbocycles. The monoisotopic (exact) mass is 385 g/mol. The van der Waals surface area contributed by atoms with Crippen LogP contribution in [0.3, 0.4) is 0 Å². The van der Waals surface area contributed by atoms with Crippen molar-refractivity contribution in [2.24, 2.45) is 0 Å². The summed E-state index contributed by atoms with van der Waals surface area (Å²) in [5.41, 5.74) is 2.82. The number of carbonyl (C=O) groups excluding carboxylic acids is 1. The molecule has 0 bridgehead atoms. The van der Waals surface area contributed by atoms with Gasteiger partial charge in [0.25, 0.3) is 0 Å². The quantitative estimate of drug-likeness (QED) is 0.582. The molecule has 1 aliphatic rings. The zero-order valence-corrected chi connectivity index (χ0v) is 16.2. The second kappa shape index (κ2) is 7.24. The molecule has 0 spiro atoms. The van der Waals surface area contributed by atoms with Crippen LogP contribution in [-0.2, 0) is 11.2 Å². The van der Waals surface area contributed by atoms with Gasteiger partial charge in [-0.05, 0) is 41.3 Å². The molecule has 1 amide bonds. The lowest BCUT2D eigenvalue weighted by Gasteiger charge is -2.32. The number of nitrogens with zero attached hydrogens (tertiary/aromatic N) is 2. The van der Waals surface area contributed by atoms with Crippen LogP contribution in [0.1, 0.15) is 24.4 Å². The van der Waals surface area contributed by atoms with Gasteiger partial charge in [0.2, 0.25) is 5.91 Å². The molecule has 1 fully saturated rings. The number of para-hydroxylation sites is 2. The Labute approximate surface area is 168 Å². The van der Waals surface area contributed by atoms with E-state index >= 15 is 0 Å². The van der Waals surface area contributed by atoms with Crippen LogP contribution in [0.5, 0.6) is 0 Å². The molecule has 0 unspecified atom stereocenters. The molecule has 1 saturated heterocycles. The summed E-state index contributed by atoms with van der Waals surface area (Å²) >= 11 is 0. The van der Waals surface area contributed by atoms with E-state index in [1.165, 1.54) is 0 Å². The van der Waals surface area contributed by atoms with Crippen LogP contribution < -0.4 is 5.69 Å². The Balaban J connectivity index is 1.31. The van der Waals surface area contributed by atoms with E-state index in [-0.39, 0.29) is 17.6 Å². The van der Waals surface area contributed by atoms with Crippen molar-refractivity contribution in [3.05, 3.63) is 82.8 Å².